The lowest BCUT2D eigenvalue weighted by atomic mass is 10.0. The quantitative estimate of drug-likeness (QED) is 0.771. The van der Waals surface area contributed by atoms with Gasteiger partial charge in [-0.25, -0.2) is 0 Å². The highest BCUT2D eigenvalue weighted by Gasteiger charge is 2.28. The lowest BCUT2D eigenvalue weighted by Gasteiger charge is -2.19. The Bertz CT molecular complexity index is 390. The second-order valence-electron chi connectivity index (χ2n) is 5.19. The van der Waals surface area contributed by atoms with Gasteiger partial charge in [0.25, 0.3) is 0 Å². The van der Waals surface area contributed by atoms with Crippen molar-refractivity contribution < 1.29 is 13.2 Å². The second kappa shape index (κ2) is 7.93. The minimum absolute atomic E-state index is 0.0744. The van der Waals surface area contributed by atoms with E-state index in [1.54, 1.807) is 0 Å². The third-order valence-electron chi connectivity index (χ3n) is 3.00. The molecule has 1 aromatic heterocycles. The molecule has 0 saturated heterocycles. The summed E-state index contributed by atoms with van der Waals surface area (Å²) in [5.74, 6) is 0.234. The third-order valence-corrected chi connectivity index (χ3v) is 3.85. The van der Waals surface area contributed by atoms with Crippen LogP contribution in [0.25, 0.3) is 0 Å². The van der Waals surface area contributed by atoms with Gasteiger partial charge in [0.15, 0.2) is 0 Å². The zero-order valence-electron chi connectivity index (χ0n) is 12.1. The zero-order valence-corrected chi connectivity index (χ0v) is 12.9. The molecule has 20 heavy (non-hydrogen) atoms. The summed E-state index contributed by atoms with van der Waals surface area (Å²) >= 11 is 1.29. The lowest BCUT2D eigenvalue weighted by molar-refractivity contribution is -0.135. The van der Waals surface area contributed by atoms with Crippen molar-refractivity contribution in [3.63, 3.8) is 0 Å². The van der Waals surface area contributed by atoms with Crippen molar-refractivity contribution in [1.82, 2.24) is 14.9 Å². The first-order chi connectivity index (χ1) is 9.35. The largest absolute Gasteiger partial charge is 0.389 e. The molecule has 1 unspecified atom stereocenters. The Kier molecular flexibility index (Phi) is 6.88. The Hall–Kier alpha value is -0.690. The maximum Gasteiger partial charge on any atom is 0.389 e. The van der Waals surface area contributed by atoms with Gasteiger partial charge in [-0.2, -0.15) is 13.2 Å². The van der Waals surface area contributed by atoms with Gasteiger partial charge in [-0.15, -0.1) is 5.10 Å². The Labute approximate surface area is 122 Å². The standard InChI is InChI=1S/C13H22F3N3S/c1-4-8-17-10(6-5-7-13(14,15)16)12-11(9(2)3)18-19-20-12/h9-10,17H,4-8H2,1-3H3. The minimum atomic E-state index is -4.08. The molecule has 0 aliphatic heterocycles. The summed E-state index contributed by atoms with van der Waals surface area (Å²) in [6.07, 6.45) is -3.29. The molecule has 0 fully saturated rings. The molecule has 3 nitrogen and oxygen atoms in total. The number of hydrogen-bond donors (Lipinski definition) is 1. The van der Waals surface area contributed by atoms with Crippen molar-refractivity contribution in [1.29, 1.82) is 0 Å². The monoisotopic (exact) mass is 309 g/mol. The fraction of sp³-hybridized carbons (Fsp3) is 0.846. The van der Waals surface area contributed by atoms with Crippen LogP contribution in [0.15, 0.2) is 0 Å². The van der Waals surface area contributed by atoms with Crippen LogP contribution in [-0.2, 0) is 0 Å². The van der Waals surface area contributed by atoms with Crippen molar-refractivity contribution in [2.45, 2.75) is 64.6 Å². The van der Waals surface area contributed by atoms with Crippen LogP contribution in [0.4, 0.5) is 13.2 Å². The number of halogens is 3. The number of nitrogens with zero attached hydrogens (tertiary/aromatic N) is 2. The van der Waals surface area contributed by atoms with E-state index in [1.165, 1.54) is 11.5 Å². The third kappa shape index (κ3) is 5.75. The van der Waals surface area contributed by atoms with Gasteiger partial charge < -0.3 is 5.32 Å². The van der Waals surface area contributed by atoms with E-state index < -0.39 is 12.6 Å². The lowest BCUT2D eigenvalue weighted by Crippen LogP contribution is -2.23. The molecule has 0 radical (unpaired) electrons. The second-order valence-corrected chi connectivity index (χ2v) is 5.98. The molecule has 0 amide bonds. The SMILES string of the molecule is CCCNC(CCCC(F)(F)F)c1snnc1C(C)C. The molecule has 0 spiro atoms. The first-order valence-corrected chi connectivity index (χ1v) is 7.74. The average molecular weight is 309 g/mol. The van der Waals surface area contributed by atoms with Crippen molar-refractivity contribution >= 4 is 11.5 Å². The summed E-state index contributed by atoms with van der Waals surface area (Å²) in [5, 5.41) is 7.42. The van der Waals surface area contributed by atoms with Crippen LogP contribution in [-0.4, -0.2) is 22.3 Å². The van der Waals surface area contributed by atoms with Crippen LogP contribution >= 0.6 is 11.5 Å². The van der Waals surface area contributed by atoms with Gasteiger partial charge in [0.1, 0.15) is 0 Å². The van der Waals surface area contributed by atoms with Gasteiger partial charge >= 0.3 is 6.18 Å². The molecule has 0 saturated carbocycles. The highest BCUT2D eigenvalue weighted by Crippen LogP contribution is 2.31. The summed E-state index contributed by atoms with van der Waals surface area (Å²) in [7, 11) is 0. The van der Waals surface area contributed by atoms with E-state index >= 15 is 0 Å². The van der Waals surface area contributed by atoms with Crippen LogP contribution < -0.4 is 5.32 Å². The zero-order chi connectivity index (χ0) is 15.2. The molecule has 0 aliphatic rings. The van der Waals surface area contributed by atoms with Crippen LogP contribution in [0.2, 0.25) is 0 Å². The minimum Gasteiger partial charge on any atom is -0.309 e. The predicted molar refractivity (Wildman–Crippen MR) is 74.9 cm³/mol. The summed E-state index contributed by atoms with van der Waals surface area (Å²) in [6.45, 7) is 6.86. The summed E-state index contributed by atoms with van der Waals surface area (Å²) in [6, 6.07) is -0.0744. The van der Waals surface area contributed by atoms with E-state index in [9.17, 15) is 13.2 Å². The fourth-order valence-electron chi connectivity index (χ4n) is 2.00. The molecule has 1 heterocycles. The molecule has 1 N–H and O–H groups in total. The summed E-state index contributed by atoms with van der Waals surface area (Å²) in [5.41, 5.74) is 0.899. The first kappa shape index (κ1) is 17.4. The smallest absolute Gasteiger partial charge is 0.309 e. The van der Waals surface area contributed by atoms with Crippen LogP contribution in [0.3, 0.4) is 0 Å². The van der Waals surface area contributed by atoms with E-state index in [0.717, 1.165) is 23.5 Å². The van der Waals surface area contributed by atoms with Gasteiger partial charge in [-0.1, -0.05) is 25.3 Å². The van der Waals surface area contributed by atoms with Gasteiger partial charge in [0, 0.05) is 12.5 Å². The Balaban J connectivity index is 2.70. The maximum absolute atomic E-state index is 12.3. The van der Waals surface area contributed by atoms with Crippen LogP contribution in [0, 0.1) is 0 Å². The number of aromatic nitrogens is 2. The Morgan fingerprint density at radius 2 is 2.00 bits per heavy atom. The molecule has 1 atom stereocenters. The number of rotatable bonds is 8. The van der Waals surface area contributed by atoms with Crippen LogP contribution in [0.1, 0.15) is 69.0 Å². The number of alkyl halides is 3. The van der Waals surface area contributed by atoms with Crippen molar-refractivity contribution in [3.8, 4) is 0 Å². The summed E-state index contributed by atoms with van der Waals surface area (Å²) < 4.78 is 40.8. The van der Waals surface area contributed by atoms with E-state index in [0.29, 0.717) is 6.42 Å². The molecular formula is C13H22F3N3S. The van der Waals surface area contributed by atoms with E-state index in [-0.39, 0.29) is 18.4 Å². The molecular weight excluding hydrogens is 287 g/mol. The van der Waals surface area contributed by atoms with Crippen molar-refractivity contribution in [2.75, 3.05) is 6.54 Å². The summed E-state index contributed by atoms with van der Waals surface area (Å²) in [4.78, 5) is 0.982. The molecule has 0 aromatic carbocycles. The number of nitrogens with one attached hydrogen (secondary N) is 1. The Morgan fingerprint density at radius 3 is 2.55 bits per heavy atom. The molecule has 1 aromatic rings. The van der Waals surface area contributed by atoms with Crippen molar-refractivity contribution in [3.05, 3.63) is 10.6 Å². The molecule has 0 aliphatic carbocycles. The molecule has 116 valence electrons. The topological polar surface area (TPSA) is 37.8 Å². The molecule has 0 bridgehead atoms. The maximum atomic E-state index is 12.3. The Morgan fingerprint density at radius 1 is 1.30 bits per heavy atom. The highest BCUT2D eigenvalue weighted by atomic mass is 32.1. The van der Waals surface area contributed by atoms with Gasteiger partial charge in [-0.05, 0) is 43.3 Å². The van der Waals surface area contributed by atoms with Gasteiger partial charge in [0.2, 0.25) is 0 Å². The predicted octanol–water partition coefficient (Wildman–Crippen LogP) is 4.43. The average Bonchev–Trinajstić information content (AvgIpc) is 2.81. The normalized spacial score (nSPS) is 13.9. The fourth-order valence-corrected chi connectivity index (χ4v) is 2.91. The molecule has 7 heteroatoms. The number of hydrogen-bond acceptors (Lipinski definition) is 4. The van der Waals surface area contributed by atoms with E-state index in [4.69, 9.17) is 0 Å². The van der Waals surface area contributed by atoms with Crippen molar-refractivity contribution in [2.24, 2.45) is 0 Å². The van der Waals surface area contributed by atoms with E-state index in [1.807, 2.05) is 20.8 Å². The highest BCUT2D eigenvalue weighted by molar-refractivity contribution is 7.05. The van der Waals surface area contributed by atoms with Gasteiger partial charge in [0.05, 0.1) is 10.6 Å². The van der Waals surface area contributed by atoms with Gasteiger partial charge in [-0.3, -0.25) is 0 Å². The van der Waals surface area contributed by atoms with Crippen LogP contribution in [0.5, 0.6) is 0 Å². The molecule has 1 rings (SSSR count). The van der Waals surface area contributed by atoms with E-state index in [2.05, 4.69) is 14.9 Å². The first-order valence-electron chi connectivity index (χ1n) is 6.97.